The van der Waals surface area contributed by atoms with Gasteiger partial charge in [0.2, 0.25) is 5.95 Å². The van der Waals surface area contributed by atoms with Crippen LogP contribution in [0, 0.1) is 13.8 Å². The zero-order chi connectivity index (χ0) is 20.0. The summed E-state index contributed by atoms with van der Waals surface area (Å²) in [5.41, 5.74) is 5.00. The fraction of sp³-hybridized carbons (Fsp3) is 0.182. The topological polar surface area (TPSA) is 81.2 Å². The fourth-order valence-corrected chi connectivity index (χ4v) is 3.75. The molecule has 0 aliphatic carbocycles. The summed E-state index contributed by atoms with van der Waals surface area (Å²) in [5, 5.41) is 2.87. The Labute approximate surface area is 167 Å². The van der Waals surface area contributed by atoms with Gasteiger partial charge in [-0.05, 0) is 44.2 Å². The maximum absolute atomic E-state index is 12.9. The number of hydrogen-bond acceptors (Lipinski definition) is 4. The van der Waals surface area contributed by atoms with Crippen molar-refractivity contribution >= 4 is 22.9 Å². The zero-order valence-electron chi connectivity index (χ0n) is 16.2. The molecule has 0 radical (unpaired) electrons. The summed E-state index contributed by atoms with van der Waals surface area (Å²) in [7, 11) is 0. The highest BCUT2D eigenvalue weighted by Gasteiger charge is 2.19. The molecule has 3 heterocycles. The second-order valence-corrected chi connectivity index (χ2v) is 7.00. The first-order valence-corrected chi connectivity index (χ1v) is 9.45. The van der Waals surface area contributed by atoms with Crippen LogP contribution in [-0.2, 0) is 0 Å². The van der Waals surface area contributed by atoms with Crippen LogP contribution in [0.15, 0.2) is 48.5 Å². The molecule has 1 amide bonds. The average Bonchev–Trinajstić information content (AvgIpc) is 3.27. The number of aromatic nitrogens is 3. The van der Waals surface area contributed by atoms with Crippen LogP contribution in [0.4, 0.5) is 5.95 Å². The molecule has 0 bridgehead atoms. The predicted molar refractivity (Wildman–Crippen MR) is 110 cm³/mol. The third-order valence-electron chi connectivity index (χ3n) is 5.08. The maximum Gasteiger partial charge on any atom is 0.259 e. The van der Waals surface area contributed by atoms with Crippen molar-refractivity contribution in [3.63, 3.8) is 0 Å². The number of carbonyl (C=O) groups is 1. The van der Waals surface area contributed by atoms with Gasteiger partial charge in [-0.1, -0.05) is 12.1 Å². The smallest absolute Gasteiger partial charge is 0.259 e. The highest BCUT2D eigenvalue weighted by atomic mass is 16.6. The molecule has 2 N–H and O–H groups in total. The molecule has 0 atom stereocenters. The van der Waals surface area contributed by atoms with E-state index >= 15 is 0 Å². The number of fused-ring (bicyclic) bond motifs is 2. The number of carbonyl (C=O) groups excluding carboxylic acids is 1. The van der Waals surface area contributed by atoms with Crippen LogP contribution in [0.1, 0.15) is 21.7 Å². The Morgan fingerprint density at radius 3 is 2.69 bits per heavy atom. The number of nitrogens with one attached hydrogen (secondary N) is 2. The molecule has 2 aromatic carbocycles. The highest BCUT2D eigenvalue weighted by Crippen LogP contribution is 2.33. The van der Waals surface area contributed by atoms with Crippen molar-refractivity contribution in [2.45, 2.75) is 13.8 Å². The molecule has 5 rings (SSSR count). The molecule has 0 saturated carbocycles. The Bertz CT molecular complexity index is 1210. The molecular weight excluding hydrogens is 368 g/mol. The quantitative estimate of drug-likeness (QED) is 0.556. The highest BCUT2D eigenvalue weighted by molar-refractivity contribution is 6.05. The van der Waals surface area contributed by atoms with Crippen molar-refractivity contribution in [3.8, 4) is 17.2 Å². The van der Waals surface area contributed by atoms with Crippen LogP contribution in [0.3, 0.4) is 0 Å². The van der Waals surface area contributed by atoms with Crippen molar-refractivity contribution in [2.24, 2.45) is 0 Å². The van der Waals surface area contributed by atoms with E-state index in [1.165, 1.54) is 0 Å². The molecule has 0 unspecified atom stereocenters. The number of hydrogen-bond donors (Lipinski definition) is 2. The van der Waals surface area contributed by atoms with Gasteiger partial charge in [0.1, 0.15) is 13.2 Å². The summed E-state index contributed by atoms with van der Waals surface area (Å²) < 4.78 is 13.3. The lowest BCUT2D eigenvalue weighted by atomic mass is 10.2. The molecule has 146 valence electrons. The van der Waals surface area contributed by atoms with E-state index in [9.17, 15) is 4.79 Å². The van der Waals surface area contributed by atoms with Gasteiger partial charge in [0.15, 0.2) is 11.5 Å². The first kappa shape index (κ1) is 17.4. The third kappa shape index (κ3) is 3.00. The Hall–Kier alpha value is -3.74. The normalized spacial score (nSPS) is 12.9. The zero-order valence-corrected chi connectivity index (χ0v) is 16.2. The van der Waals surface area contributed by atoms with Gasteiger partial charge in [0.05, 0.1) is 16.6 Å². The van der Waals surface area contributed by atoms with Gasteiger partial charge in [-0.3, -0.25) is 10.1 Å². The molecule has 0 saturated heterocycles. The lowest BCUT2D eigenvalue weighted by Gasteiger charge is -2.20. The minimum atomic E-state index is -0.207. The number of rotatable bonds is 3. The standard InChI is InChI=1S/C22H20N4O3/c1-13-11-16(21(27)25-22-23-17-5-3-4-6-18(17)24-22)14(2)26(13)15-7-8-19-20(12-15)29-10-9-28-19/h3-8,11-12H,9-10H2,1-2H3,(H2,23,24,25,27). The summed E-state index contributed by atoms with van der Waals surface area (Å²) in [6, 6.07) is 15.3. The van der Waals surface area contributed by atoms with Crippen molar-refractivity contribution in [1.82, 2.24) is 14.5 Å². The van der Waals surface area contributed by atoms with Crippen molar-refractivity contribution in [3.05, 3.63) is 65.5 Å². The van der Waals surface area contributed by atoms with Crippen LogP contribution in [0.25, 0.3) is 16.7 Å². The number of amides is 1. The number of aromatic amines is 1. The summed E-state index contributed by atoms with van der Waals surface area (Å²) in [4.78, 5) is 20.5. The molecule has 0 spiro atoms. The molecule has 1 aliphatic rings. The molecule has 7 heteroatoms. The number of benzene rings is 2. The Morgan fingerprint density at radius 2 is 1.86 bits per heavy atom. The van der Waals surface area contributed by atoms with E-state index < -0.39 is 0 Å². The number of nitrogens with zero attached hydrogens (tertiary/aromatic N) is 2. The number of ether oxygens (including phenoxy) is 2. The van der Waals surface area contributed by atoms with E-state index in [1.54, 1.807) is 0 Å². The second-order valence-electron chi connectivity index (χ2n) is 7.00. The number of para-hydroxylation sites is 2. The van der Waals surface area contributed by atoms with Gasteiger partial charge < -0.3 is 19.0 Å². The van der Waals surface area contributed by atoms with Gasteiger partial charge >= 0.3 is 0 Å². The van der Waals surface area contributed by atoms with E-state index in [0.717, 1.165) is 39.6 Å². The van der Waals surface area contributed by atoms with Crippen molar-refractivity contribution in [2.75, 3.05) is 18.5 Å². The summed E-state index contributed by atoms with van der Waals surface area (Å²) in [5.74, 6) is 1.68. The maximum atomic E-state index is 12.9. The van der Waals surface area contributed by atoms with E-state index in [1.807, 2.05) is 66.9 Å². The van der Waals surface area contributed by atoms with Crippen LogP contribution in [-0.4, -0.2) is 33.7 Å². The summed E-state index contributed by atoms with van der Waals surface area (Å²) in [6.07, 6.45) is 0. The SMILES string of the molecule is Cc1cc(C(=O)Nc2nc3ccccc3[nH]2)c(C)n1-c1ccc2c(c1)OCCO2. The Kier molecular flexibility index (Phi) is 4.01. The molecule has 7 nitrogen and oxygen atoms in total. The second kappa shape index (κ2) is 6.70. The summed E-state index contributed by atoms with van der Waals surface area (Å²) in [6.45, 7) is 4.99. The number of imidazole rings is 1. The third-order valence-corrected chi connectivity index (χ3v) is 5.08. The number of H-pyrrole nitrogens is 1. The van der Waals surface area contributed by atoms with Gasteiger partial charge in [-0.25, -0.2) is 4.98 Å². The first-order chi connectivity index (χ1) is 14.1. The molecular formula is C22H20N4O3. The largest absolute Gasteiger partial charge is 0.486 e. The van der Waals surface area contributed by atoms with Crippen LogP contribution in [0.5, 0.6) is 11.5 Å². The van der Waals surface area contributed by atoms with Crippen LogP contribution >= 0.6 is 0 Å². The van der Waals surface area contributed by atoms with Crippen LogP contribution < -0.4 is 14.8 Å². The van der Waals surface area contributed by atoms with Crippen molar-refractivity contribution in [1.29, 1.82) is 0 Å². The lowest BCUT2D eigenvalue weighted by molar-refractivity contribution is 0.102. The Morgan fingerprint density at radius 1 is 1.07 bits per heavy atom. The van der Waals surface area contributed by atoms with Crippen molar-refractivity contribution < 1.29 is 14.3 Å². The van der Waals surface area contributed by atoms with Gasteiger partial charge in [0.25, 0.3) is 5.91 Å². The Balaban J connectivity index is 1.46. The minimum Gasteiger partial charge on any atom is -0.486 e. The fourth-order valence-electron chi connectivity index (χ4n) is 3.75. The first-order valence-electron chi connectivity index (χ1n) is 9.45. The van der Waals surface area contributed by atoms with E-state index in [2.05, 4.69) is 15.3 Å². The molecule has 1 aliphatic heterocycles. The average molecular weight is 388 g/mol. The summed E-state index contributed by atoms with van der Waals surface area (Å²) >= 11 is 0. The monoisotopic (exact) mass is 388 g/mol. The van der Waals surface area contributed by atoms with E-state index in [0.29, 0.717) is 24.7 Å². The number of aryl methyl sites for hydroxylation is 1. The predicted octanol–water partition coefficient (Wildman–Crippen LogP) is 3.99. The molecule has 29 heavy (non-hydrogen) atoms. The van der Waals surface area contributed by atoms with Crippen LogP contribution in [0.2, 0.25) is 0 Å². The van der Waals surface area contributed by atoms with E-state index in [4.69, 9.17) is 9.47 Å². The van der Waals surface area contributed by atoms with Gasteiger partial charge in [-0.2, -0.15) is 0 Å². The van der Waals surface area contributed by atoms with E-state index in [-0.39, 0.29) is 5.91 Å². The van der Waals surface area contributed by atoms with Gasteiger partial charge in [0, 0.05) is 23.1 Å². The minimum absolute atomic E-state index is 0.207. The molecule has 0 fully saturated rings. The molecule has 2 aromatic heterocycles. The molecule has 4 aromatic rings. The lowest BCUT2D eigenvalue weighted by Crippen LogP contribution is -2.16. The number of anilines is 1. The van der Waals surface area contributed by atoms with Gasteiger partial charge in [-0.15, -0.1) is 0 Å².